The molecule has 2 heterocycles. The SMILES string of the molecule is O=[N+]([O-])c1cn2c(n1)O[C@@H](CO)[C@@H](OCc1ccc(OC(F)(F)F)cc1)C2. The van der Waals surface area contributed by atoms with Crippen LogP contribution >= 0.6 is 0 Å². The Kier molecular flexibility index (Phi) is 5.19. The van der Waals surface area contributed by atoms with Crippen LogP contribution in [0.2, 0.25) is 0 Å². The average molecular weight is 389 g/mol. The summed E-state index contributed by atoms with van der Waals surface area (Å²) < 4.78 is 52.7. The summed E-state index contributed by atoms with van der Waals surface area (Å²) in [6.45, 7) is -0.205. The first kappa shape index (κ1) is 18.9. The van der Waals surface area contributed by atoms with Gasteiger partial charge in [0.2, 0.25) is 0 Å². The third kappa shape index (κ3) is 4.65. The second kappa shape index (κ2) is 7.40. The first-order valence-corrected chi connectivity index (χ1v) is 7.70. The third-order valence-electron chi connectivity index (χ3n) is 3.76. The zero-order chi connectivity index (χ0) is 19.6. The van der Waals surface area contributed by atoms with Crippen molar-refractivity contribution in [2.24, 2.45) is 0 Å². The number of aliphatic hydroxyl groups excluding tert-OH is 1. The number of imidazole rings is 1. The van der Waals surface area contributed by atoms with Gasteiger partial charge < -0.3 is 29.4 Å². The molecule has 0 saturated heterocycles. The predicted octanol–water partition coefficient (Wildman–Crippen LogP) is 2.03. The molecule has 1 N–H and O–H groups in total. The van der Waals surface area contributed by atoms with Gasteiger partial charge in [-0.3, -0.25) is 4.57 Å². The van der Waals surface area contributed by atoms with E-state index < -0.39 is 30.1 Å². The quantitative estimate of drug-likeness (QED) is 0.595. The molecule has 0 bridgehead atoms. The van der Waals surface area contributed by atoms with Crippen LogP contribution in [0, 0.1) is 10.1 Å². The summed E-state index contributed by atoms with van der Waals surface area (Å²) in [7, 11) is 0. The highest BCUT2D eigenvalue weighted by Gasteiger charge is 2.35. The molecule has 1 aliphatic heterocycles. The topological polar surface area (TPSA) is 109 Å². The molecule has 0 unspecified atom stereocenters. The summed E-state index contributed by atoms with van der Waals surface area (Å²) in [4.78, 5) is 13.8. The Morgan fingerprint density at radius 1 is 1.37 bits per heavy atom. The lowest BCUT2D eigenvalue weighted by atomic mass is 10.2. The van der Waals surface area contributed by atoms with Gasteiger partial charge in [0.15, 0.2) is 6.10 Å². The number of nitro groups is 1. The minimum Gasteiger partial charge on any atom is -0.437 e. The minimum absolute atomic E-state index is 0.00857. The normalized spacial score (nSPS) is 19.3. The molecule has 27 heavy (non-hydrogen) atoms. The molecule has 1 aromatic heterocycles. The first-order chi connectivity index (χ1) is 12.7. The summed E-state index contributed by atoms with van der Waals surface area (Å²) in [5.74, 6) is -0.738. The second-order valence-electron chi connectivity index (χ2n) is 5.67. The van der Waals surface area contributed by atoms with Gasteiger partial charge in [0.05, 0.1) is 19.8 Å². The number of hydrogen-bond acceptors (Lipinski definition) is 7. The lowest BCUT2D eigenvalue weighted by molar-refractivity contribution is -0.389. The number of halogens is 3. The van der Waals surface area contributed by atoms with Crippen molar-refractivity contribution in [3.05, 3.63) is 46.1 Å². The smallest absolute Gasteiger partial charge is 0.437 e. The molecule has 0 spiro atoms. The van der Waals surface area contributed by atoms with E-state index in [0.717, 1.165) is 12.1 Å². The van der Waals surface area contributed by atoms with Crippen molar-refractivity contribution in [1.29, 1.82) is 0 Å². The van der Waals surface area contributed by atoms with Crippen molar-refractivity contribution in [1.82, 2.24) is 9.55 Å². The van der Waals surface area contributed by atoms with Gasteiger partial charge in [0.1, 0.15) is 18.1 Å². The number of ether oxygens (including phenoxy) is 3. The van der Waals surface area contributed by atoms with Crippen molar-refractivity contribution in [2.45, 2.75) is 31.7 Å². The van der Waals surface area contributed by atoms with Gasteiger partial charge in [-0.25, -0.2) is 0 Å². The van der Waals surface area contributed by atoms with E-state index in [0.29, 0.717) is 5.56 Å². The second-order valence-corrected chi connectivity index (χ2v) is 5.67. The van der Waals surface area contributed by atoms with E-state index in [4.69, 9.17) is 9.47 Å². The van der Waals surface area contributed by atoms with E-state index in [9.17, 15) is 28.4 Å². The number of aromatic nitrogens is 2. The van der Waals surface area contributed by atoms with Crippen molar-refractivity contribution < 1.29 is 37.4 Å². The number of alkyl halides is 3. The lowest BCUT2D eigenvalue weighted by Crippen LogP contribution is -2.44. The number of fused-ring (bicyclic) bond motifs is 1. The van der Waals surface area contributed by atoms with Crippen LogP contribution in [0.15, 0.2) is 30.5 Å². The summed E-state index contributed by atoms with van der Waals surface area (Å²) in [5.41, 5.74) is 0.573. The molecule has 9 nitrogen and oxygen atoms in total. The molecule has 0 radical (unpaired) electrons. The van der Waals surface area contributed by atoms with Gasteiger partial charge in [-0.05, 0) is 22.6 Å². The van der Waals surface area contributed by atoms with Gasteiger partial charge in [-0.1, -0.05) is 12.1 Å². The molecule has 3 rings (SSSR count). The number of benzene rings is 1. The zero-order valence-corrected chi connectivity index (χ0v) is 13.6. The van der Waals surface area contributed by atoms with Crippen LogP contribution in [0.3, 0.4) is 0 Å². The predicted molar refractivity (Wildman–Crippen MR) is 82.1 cm³/mol. The standard InChI is InChI=1S/C15H14F3N3O6/c16-15(17,18)27-10-3-1-9(2-4-10)8-25-11-5-20-6-13(21(23)24)19-14(20)26-12(11)7-22/h1-4,6,11-12,22H,5,7-8H2/t11-,12-/m0/s1. The molecule has 0 amide bonds. The number of hydrogen-bond donors (Lipinski definition) is 1. The molecule has 1 aliphatic rings. The van der Waals surface area contributed by atoms with Crippen molar-refractivity contribution >= 4 is 5.82 Å². The maximum Gasteiger partial charge on any atom is 0.573 e. The van der Waals surface area contributed by atoms with Crippen molar-refractivity contribution in [3.63, 3.8) is 0 Å². The summed E-state index contributed by atoms with van der Waals surface area (Å²) in [5, 5.41) is 20.2. The van der Waals surface area contributed by atoms with E-state index in [-0.39, 0.29) is 30.7 Å². The molecule has 0 fully saturated rings. The zero-order valence-electron chi connectivity index (χ0n) is 13.6. The highest BCUT2D eigenvalue weighted by Crippen LogP contribution is 2.27. The Labute approximate surface area is 150 Å². The molecule has 1 aromatic carbocycles. The Bertz CT molecular complexity index is 808. The summed E-state index contributed by atoms with van der Waals surface area (Å²) in [6.07, 6.45) is -4.99. The molecule has 12 heteroatoms. The van der Waals surface area contributed by atoms with Crippen LogP contribution in [-0.4, -0.2) is 44.8 Å². The fourth-order valence-corrected chi connectivity index (χ4v) is 2.53. The van der Waals surface area contributed by atoms with Crippen LogP contribution in [0.1, 0.15) is 5.56 Å². The highest BCUT2D eigenvalue weighted by molar-refractivity contribution is 5.27. The van der Waals surface area contributed by atoms with Gasteiger partial charge in [0.25, 0.3) is 0 Å². The van der Waals surface area contributed by atoms with Gasteiger partial charge in [0, 0.05) is 4.98 Å². The number of rotatable bonds is 6. The average Bonchev–Trinajstić information content (AvgIpc) is 3.02. The molecule has 2 aromatic rings. The van der Waals surface area contributed by atoms with E-state index in [1.807, 2.05) is 0 Å². The van der Waals surface area contributed by atoms with Crippen molar-refractivity contribution in [3.8, 4) is 11.8 Å². The molecule has 0 aliphatic carbocycles. The Morgan fingerprint density at radius 2 is 2.07 bits per heavy atom. The molecular weight excluding hydrogens is 375 g/mol. The number of aliphatic hydroxyl groups is 1. The third-order valence-corrected chi connectivity index (χ3v) is 3.76. The van der Waals surface area contributed by atoms with E-state index in [1.54, 1.807) is 0 Å². The molecule has 0 saturated carbocycles. The molecule has 146 valence electrons. The molecule has 2 atom stereocenters. The first-order valence-electron chi connectivity index (χ1n) is 7.70. The van der Waals surface area contributed by atoms with Crippen LogP contribution in [-0.2, 0) is 17.9 Å². The number of nitrogens with zero attached hydrogens (tertiary/aromatic N) is 3. The van der Waals surface area contributed by atoms with Crippen LogP contribution in [0.5, 0.6) is 11.8 Å². The van der Waals surface area contributed by atoms with Crippen LogP contribution in [0.25, 0.3) is 0 Å². The van der Waals surface area contributed by atoms with Gasteiger partial charge >= 0.3 is 18.2 Å². The monoisotopic (exact) mass is 389 g/mol. The highest BCUT2D eigenvalue weighted by atomic mass is 19.4. The minimum atomic E-state index is -4.77. The fourth-order valence-electron chi connectivity index (χ4n) is 2.53. The molecular formula is C15H14F3N3O6. The Hall–Kier alpha value is -2.86. The van der Waals surface area contributed by atoms with E-state index in [2.05, 4.69) is 9.72 Å². The largest absolute Gasteiger partial charge is 0.573 e. The van der Waals surface area contributed by atoms with Crippen LogP contribution < -0.4 is 9.47 Å². The fraction of sp³-hybridized carbons (Fsp3) is 0.400. The summed E-state index contributed by atoms with van der Waals surface area (Å²) in [6, 6.07) is 5.14. The Morgan fingerprint density at radius 3 is 2.67 bits per heavy atom. The summed E-state index contributed by atoms with van der Waals surface area (Å²) >= 11 is 0. The lowest BCUT2D eigenvalue weighted by Gasteiger charge is -2.29. The van der Waals surface area contributed by atoms with Gasteiger partial charge in [-0.15, -0.1) is 13.2 Å². The maximum absolute atomic E-state index is 12.2. The Balaban J connectivity index is 1.63. The van der Waals surface area contributed by atoms with E-state index >= 15 is 0 Å². The van der Waals surface area contributed by atoms with E-state index in [1.165, 1.54) is 22.9 Å². The van der Waals surface area contributed by atoms with Gasteiger partial charge in [-0.2, -0.15) is 0 Å². The van der Waals surface area contributed by atoms with Crippen molar-refractivity contribution in [2.75, 3.05) is 6.61 Å². The van der Waals surface area contributed by atoms with Crippen LogP contribution in [0.4, 0.5) is 19.0 Å². The maximum atomic E-state index is 12.2.